The summed E-state index contributed by atoms with van der Waals surface area (Å²) < 4.78 is 1.71. The van der Waals surface area contributed by atoms with Crippen molar-refractivity contribution in [3.05, 3.63) is 46.6 Å². The molecule has 0 atom stereocenters. The van der Waals surface area contributed by atoms with Gasteiger partial charge in [-0.2, -0.15) is 5.10 Å². The molecule has 1 aromatic carbocycles. The van der Waals surface area contributed by atoms with Crippen molar-refractivity contribution in [2.75, 3.05) is 25.0 Å². The van der Waals surface area contributed by atoms with Crippen molar-refractivity contribution in [1.29, 1.82) is 0 Å². The van der Waals surface area contributed by atoms with Crippen LogP contribution in [0.2, 0.25) is 5.02 Å². The lowest BCUT2D eigenvalue weighted by molar-refractivity contribution is -0.123. The van der Waals surface area contributed by atoms with Gasteiger partial charge in [-0.1, -0.05) is 23.7 Å². The average Bonchev–Trinajstić information content (AvgIpc) is 2.86. The molecule has 2 aromatic rings. The van der Waals surface area contributed by atoms with Gasteiger partial charge in [-0.05, 0) is 24.6 Å². The molecule has 0 unspecified atom stereocenters. The summed E-state index contributed by atoms with van der Waals surface area (Å²) in [4.78, 5) is 25.2. The summed E-state index contributed by atoms with van der Waals surface area (Å²) in [6.07, 6.45) is 0. The van der Waals surface area contributed by atoms with Crippen molar-refractivity contribution in [2.24, 2.45) is 0 Å². The molecule has 0 spiro atoms. The predicted octanol–water partition coefficient (Wildman–Crippen LogP) is 1.86. The molecule has 3 rings (SSSR count). The lowest BCUT2D eigenvalue weighted by Crippen LogP contribution is -2.51. The summed E-state index contributed by atoms with van der Waals surface area (Å²) >= 11 is 6.01. The average molecular weight is 348 g/mol. The second-order valence-electron chi connectivity index (χ2n) is 5.66. The van der Waals surface area contributed by atoms with Crippen LogP contribution in [0.4, 0.5) is 10.6 Å². The molecular formula is C16H18ClN5O2. The molecule has 1 saturated heterocycles. The normalized spacial score (nSPS) is 14.4. The van der Waals surface area contributed by atoms with E-state index in [1.807, 2.05) is 31.2 Å². The highest BCUT2D eigenvalue weighted by Gasteiger charge is 2.22. The summed E-state index contributed by atoms with van der Waals surface area (Å²) in [7, 11) is 0. The molecule has 2 heterocycles. The fraction of sp³-hybridized carbons (Fsp3) is 0.312. The van der Waals surface area contributed by atoms with Crippen LogP contribution in [0.3, 0.4) is 0 Å². The molecule has 3 amide bonds. The van der Waals surface area contributed by atoms with E-state index in [-0.39, 0.29) is 18.5 Å². The Morgan fingerprint density at radius 2 is 2.25 bits per heavy atom. The van der Waals surface area contributed by atoms with E-state index in [1.54, 1.807) is 10.7 Å². The van der Waals surface area contributed by atoms with Crippen LogP contribution < -0.4 is 10.6 Å². The fourth-order valence-corrected chi connectivity index (χ4v) is 2.79. The largest absolute Gasteiger partial charge is 0.353 e. The number of urea groups is 1. The van der Waals surface area contributed by atoms with Gasteiger partial charge < -0.3 is 10.2 Å². The lowest BCUT2D eigenvalue weighted by Gasteiger charge is -2.26. The highest BCUT2D eigenvalue weighted by atomic mass is 35.5. The first kappa shape index (κ1) is 16.3. The summed E-state index contributed by atoms with van der Waals surface area (Å²) in [6, 6.07) is 8.98. The van der Waals surface area contributed by atoms with Crippen LogP contribution in [-0.2, 0) is 11.3 Å². The fourth-order valence-electron chi connectivity index (χ4n) is 2.58. The van der Waals surface area contributed by atoms with Crippen molar-refractivity contribution >= 4 is 29.4 Å². The number of carbonyl (C=O) groups excluding carboxylic acids is 2. The van der Waals surface area contributed by atoms with E-state index >= 15 is 0 Å². The van der Waals surface area contributed by atoms with Crippen LogP contribution in [0.5, 0.6) is 0 Å². The molecule has 2 N–H and O–H groups in total. The topological polar surface area (TPSA) is 79.3 Å². The molecule has 1 fully saturated rings. The molecule has 24 heavy (non-hydrogen) atoms. The Balaban J connectivity index is 1.74. The molecule has 1 aromatic heterocycles. The maximum Gasteiger partial charge on any atom is 0.323 e. The van der Waals surface area contributed by atoms with E-state index in [0.717, 1.165) is 11.3 Å². The number of aromatic nitrogens is 2. The number of rotatable bonds is 3. The van der Waals surface area contributed by atoms with Crippen LogP contribution in [0, 0.1) is 6.92 Å². The second kappa shape index (κ2) is 6.92. The molecule has 0 bridgehead atoms. The SMILES string of the molecule is Cc1cc(NC(=O)N2CCNC(=O)C2)n(Cc2cccc(Cl)c2)n1. The number of halogens is 1. The quantitative estimate of drug-likeness (QED) is 0.889. The van der Waals surface area contributed by atoms with Crippen LogP contribution in [-0.4, -0.2) is 46.3 Å². The maximum atomic E-state index is 12.4. The number of benzene rings is 1. The minimum absolute atomic E-state index is 0.0627. The monoisotopic (exact) mass is 347 g/mol. The standard InChI is InChI=1S/C16H18ClN5O2/c1-11-7-14(19-16(24)21-6-5-18-15(23)10-21)22(20-11)9-12-3-2-4-13(17)8-12/h2-4,7-8H,5-6,9-10H2,1H3,(H,18,23)(H,19,24). The van der Waals surface area contributed by atoms with Crippen molar-refractivity contribution in [3.63, 3.8) is 0 Å². The Hall–Kier alpha value is -2.54. The van der Waals surface area contributed by atoms with Gasteiger partial charge in [0.05, 0.1) is 12.2 Å². The summed E-state index contributed by atoms with van der Waals surface area (Å²) in [5.41, 5.74) is 1.78. The van der Waals surface area contributed by atoms with Crippen molar-refractivity contribution in [1.82, 2.24) is 20.0 Å². The van der Waals surface area contributed by atoms with Crippen molar-refractivity contribution < 1.29 is 9.59 Å². The number of nitrogens with zero attached hydrogens (tertiary/aromatic N) is 3. The minimum atomic E-state index is -0.308. The molecular weight excluding hydrogens is 330 g/mol. The molecule has 0 aliphatic carbocycles. The first-order chi connectivity index (χ1) is 11.5. The Morgan fingerprint density at radius 1 is 1.42 bits per heavy atom. The van der Waals surface area contributed by atoms with Crippen molar-refractivity contribution in [3.8, 4) is 0 Å². The number of anilines is 1. The second-order valence-corrected chi connectivity index (χ2v) is 6.10. The van der Waals surface area contributed by atoms with Gasteiger partial charge in [0.1, 0.15) is 12.4 Å². The highest BCUT2D eigenvalue weighted by Crippen LogP contribution is 2.16. The Bertz CT molecular complexity index is 774. The zero-order valence-corrected chi connectivity index (χ0v) is 14.0. The molecule has 1 aliphatic rings. The number of nitrogens with one attached hydrogen (secondary N) is 2. The maximum absolute atomic E-state index is 12.4. The van der Waals surface area contributed by atoms with E-state index in [2.05, 4.69) is 15.7 Å². The van der Waals surface area contributed by atoms with Crippen LogP contribution in [0.15, 0.2) is 30.3 Å². The van der Waals surface area contributed by atoms with Gasteiger partial charge in [-0.15, -0.1) is 0 Å². The first-order valence-corrected chi connectivity index (χ1v) is 8.00. The summed E-state index contributed by atoms with van der Waals surface area (Å²) in [5.74, 6) is 0.434. The van der Waals surface area contributed by atoms with E-state index in [4.69, 9.17) is 11.6 Å². The van der Waals surface area contributed by atoms with Gasteiger partial charge in [0.15, 0.2) is 0 Å². The molecule has 126 valence electrons. The Morgan fingerprint density at radius 3 is 3.00 bits per heavy atom. The number of carbonyl (C=O) groups is 2. The van der Waals surface area contributed by atoms with Crippen LogP contribution >= 0.6 is 11.6 Å². The molecule has 8 heteroatoms. The van der Waals surface area contributed by atoms with Gasteiger partial charge in [0.25, 0.3) is 0 Å². The number of amides is 3. The third-order valence-corrected chi connectivity index (χ3v) is 3.92. The smallest absolute Gasteiger partial charge is 0.323 e. The van der Waals surface area contributed by atoms with Crippen LogP contribution in [0.1, 0.15) is 11.3 Å². The van der Waals surface area contributed by atoms with Gasteiger partial charge in [0, 0.05) is 24.2 Å². The van der Waals surface area contributed by atoms with E-state index in [1.165, 1.54) is 4.90 Å². The van der Waals surface area contributed by atoms with E-state index < -0.39 is 0 Å². The third-order valence-electron chi connectivity index (χ3n) is 3.68. The van der Waals surface area contributed by atoms with Gasteiger partial charge >= 0.3 is 6.03 Å². The highest BCUT2D eigenvalue weighted by molar-refractivity contribution is 6.30. The van der Waals surface area contributed by atoms with Gasteiger partial charge in [-0.25, -0.2) is 9.48 Å². The molecule has 0 saturated carbocycles. The lowest BCUT2D eigenvalue weighted by atomic mass is 10.2. The summed E-state index contributed by atoms with van der Waals surface area (Å²) in [6.45, 7) is 3.36. The number of hydrogen-bond donors (Lipinski definition) is 2. The van der Waals surface area contributed by atoms with Crippen LogP contribution in [0.25, 0.3) is 0 Å². The van der Waals surface area contributed by atoms with E-state index in [0.29, 0.717) is 30.5 Å². The van der Waals surface area contributed by atoms with E-state index in [9.17, 15) is 9.59 Å². The zero-order valence-electron chi connectivity index (χ0n) is 13.3. The Labute approximate surface area is 144 Å². The molecule has 7 nitrogen and oxygen atoms in total. The van der Waals surface area contributed by atoms with Gasteiger partial charge in [0.2, 0.25) is 5.91 Å². The number of aryl methyl sites for hydroxylation is 1. The van der Waals surface area contributed by atoms with Gasteiger partial charge in [-0.3, -0.25) is 10.1 Å². The number of hydrogen-bond acceptors (Lipinski definition) is 3. The molecule has 1 aliphatic heterocycles. The van der Waals surface area contributed by atoms with Crippen molar-refractivity contribution in [2.45, 2.75) is 13.5 Å². The zero-order chi connectivity index (χ0) is 17.1. The minimum Gasteiger partial charge on any atom is -0.353 e. The number of piperazine rings is 1. The Kier molecular flexibility index (Phi) is 4.71. The summed E-state index contributed by atoms with van der Waals surface area (Å²) in [5, 5.41) is 10.6. The third kappa shape index (κ3) is 3.86. The molecule has 0 radical (unpaired) electrons. The first-order valence-electron chi connectivity index (χ1n) is 7.63. The predicted molar refractivity (Wildman–Crippen MR) is 91.1 cm³/mol.